The topological polar surface area (TPSA) is 102 Å². The number of nitrogens with zero attached hydrogens (tertiary/aromatic N) is 2. The number of rotatable bonds is 27. The Bertz CT molecular complexity index is 807. The lowest BCUT2D eigenvalue weighted by Crippen LogP contribution is -2.46. The molecule has 0 aromatic heterocycles. The predicted octanol–water partition coefficient (Wildman–Crippen LogP) is 4.53. The maximum absolute atomic E-state index is 10.5. The van der Waals surface area contributed by atoms with Crippen LogP contribution < -0.4 is 0 Å². The summed E-state index contributed by atoms with van der Waals surface area (Å²) in [7, 11) is 1.70. The van der Waals surface area contributed by atoms with Crippen LogP contribution in [0.5, 0.6) is 0 Å². The summed E-state index contributed by atoms with van der Waals surface area (Å²) in [6.07, 6.45) is 1.81. The monoisotopic (exact) mass is 661 g/mol. The highest BCUT2D eigenvalue weighted by atomic mass is 16.5. The first-order valence-corrected chi connectivity index (χ1v) is 17.7. The van der Waals surface area contributed by atoms with Gasteiger partial charge < -0.3 is 38.6 Å². The van der Waals surface area contributed by atoms with Gasteiger partial charge in [0.05, 0.1) is 79.7 Å². The predicted molar refractivity (Wildman–Crippen MR) is 183 cm³/mol. The van der Waals surface area contributed by atoms with Crippen LogP contribution in [0, 0.1) is 5.41 Å². The third-order valence-electron chi connectivity index (χ3n) is 9.32. The third-order valence-corrected chi connectivity index (χ3v) is 9.32. The zero-order valence-electron chi connectivity index (χ0n) is 31.7. The molecular formula is C36H72N2O8. The summed E-state index contributed by atoms with van der Waals surface area (Å²) < 4.78 is 37.2. The van der Waals surface area contributed by atoms with Crippen LogP contribution in [0.15, 0.2) is 0 Å². The van der Waals surface area contributed by atoms with Gasteiger partial charge >= 0.3 is 0 Å². The average Bonchev–Trinajstić information content (AvgIpc) is 3.81. The molecule has 0 aromatic carbocycles. The van der Waals surface area contributed by atoms with Crippen molar-refractivity contribution in [2.75, 3.05) is 79.5 Å². The van der Waals surface area contributed by atoms with Crippen LogP contribution in [0.3, 0.4) is 0 Å². The minimum absolute atomic E-state index is 0.396. The van der Waals surface area contributed by atoms with E-state index in [1.807, 2.05) is 34.6 Å². The molecule has 2 rings (SSSR count). The molecule has 0 radical (unpaired) electrons. The molecule has 2 saturated heterocycles. The van der Waals surface area contributed by atoms with E-state index < -0.39 is 40.0 Å². The summed E-state index contributed by atoms with van der Waals surface area (Å²) in [6.45, 7) is 29.8. The molecule has 6 unspecified atom stereocenters. The summed E-state index contributed by atoms with van der Waals surface area (Å²) >= 11 is 0. The lowest BCUT2D eigenvalue weighted by Gasteiger charge is -2.39. The first-order chi connectivity index (χ1) is 21.2. The highest BCUT2D eigenvalue weighted by Crippen LogP contribution is 2.30. The van der Waals surface area contributed by atoms with Gasteiger partial charge in [-0.3, -0.25) is 9.80 Å². The van der Waals surface area contributed by atoms with E-state index >= 15 is 0 Å². The summed E-state index contributed by atoms with van der Waals surface area (Å²) in [4.78, 5) is 4.54. The molecule has 0 aliphatic carbocycles. The summed E-state index contributed by atoms with van der Waals surface area (Å²) in [5.41, 5.74) is -2.21. The highest BCUT2D eigenvalue weighted by Gasteiger charge is 2.38. The van der Waals surface area contributed by atoms with Crippen LogP contribution in [-0.4, -0.2) is 146 Å². The number of ether oxygens (including phenoxy) is 6. The van der Waals surface area contributed by atoms with E-state index in [2.05, 4.69) is 51.3 Å². The van der Waals surface area contributed by atoms with Gasteiger partial charge in [0, 0.05) is 64.8 Å². The van der Waals surface area contributed by atoms with Gasteiger partial charge in [-0.05, 0) is 89.0 Å². The largest absolute Gasteiger partial charge is 0.392 e. The van der Waals surface area contributed by atoms with Gasteiger partial charge in [0.25, 0.3) is 0 Å². The Balaban J connectivity index is 1.85. The molecule has 274 valence electrons. The molecule has 0 spiro atoms. The molecule has 0 amide bonds. The van der Waals surface area contributed by atoms with Crippen LogP contribution >= 0.6 is 0 Å². The zero-order valence-corrected chi connectivity index (χ0v) is 31.7. The minimum atomic E-state index is -0.488. The third kappa shape index (κ3) is 16.8. The molecule has 0 saturated carbocycles. The van der Waals surface area contributed by atoms with Crippen molar-refractivity contribution in [1.29, 1.82) is 0 Å². The van der Waals surface area contributed by atoms with Crippen molar-refractivity contribution >= 4 is 0 Å². The molecule has 46 heavy (non-hydrogen) atoms. The fourth-order valence-corrected chi connectivity index (χ4v) is 5.88. The summed E-state index contributed by atoms with van der Waals surface area (Å²) in [5, 5.41) is 21.1. The second kappa shape index (κ2) is 18.0. The van der Waals surface area contributed by atoms with E-state index in [-0.39, 0.29) is 0 Å². The van der Waals surface area contributed by atoms with Gasteiger partial charge in [0.15, 0.2) is 0 Å². The van der Waals surface area contributed by atoms with Crippen molar-refractivity contribution in [3.63, 3.8) is 0 Å². The number of aliphatic hydroxyl groups is 2. The van der Waals surface area contributed by atoms with Crippen LogP contribution in [0.4, 0.5) is 0 Å². The van der Waals surface area contributed by atoms with Crippen LogP contribution in [0.2, 0.25) is 0 Å². The van der Waals surface area contributed by atoms with Gasteiger partial charge in [-0.25, -0.2) is 0 Å². The van der Waals surface area contributed by atoms with E-state index in [0.29, 0.717) is 97.1 Å². The summed E-state index contributed by atoms with van der Waals surface area (Å²) in [6, 6.07) is 1.16. The zero-order chi connectivity index (χ0) is 34.8. The number of methoxy groups -OCH3 is 1. The molecule has 6 atom stereocenters. The quantitative estimate of drug-likeness (QED) is 0.122. The van der Waals surface area contributed by atoms with Crippen molar-refractivity contribution in [2.45, 2.75) is 149 Å². The van der Waals surface area contributed by atoms with E-state index in [1.165, 1.54) is 0 Å². The number of aliphatic hydroxyl groups excluding tert-OH is 2. The molecule has 2 aliphatic rings. The minimum Gasteiger partial charge on any atom is -0.392 e. The number of β-amino-alcohol motifs (C(OH)–C–C–N with tert-alkyl or cyclic N) is 2. The van der Waals surface area contributed by atoms with Crippen molar-refractivity contribution in [1.82, 2.24) is 9.80 Å². The lowest BCUT2D eigenvalue weighted by molar-refractivity contribution is -0.164. The Morgan fingerprint density at radius 1 is 0.630 bits per heavy atom. The molecule has 2 N–H and O–H groups in total. The van der Waals surface area contributed by atoms with E-state index in [9.17, 15) is 10.2 Å². The van der Waals surface area contributed by atoms with Crippen molar-refractivity contribution < 1.29 is 38.6 Å². The van der Waals surface area contributed by atoms with Gasteiger partial charge in [-0.2, -0.15) is 0 Å². The Morgan fingerprint density at radius 3 is 1.35 bits per heavy atom. The number of hydrogen-bond donors (Lipinski definition) is 2. The van der Waals surface area contributed by atoms with Gasteiger partial charge in [0.1, 0.15) is 0 Å². The lowest BCUT2D eigenvalue weighted by atomic mass is 9.90. The second-order valence-corrected chi connectivity index (χ2v) is 16.7. The maximum atomic E-state index is 10.5. The van der Waals surface area contributed by atoms with Crippen LogP contribution in [-0.2, 0) is 28.4 Å². The SMILES string of the molecule is CCOCC(COC)(COC(C)(C)CCOC(C)(C)CC(O)CN1CC1C)COC(C)(C)CCOC(C)(C)CC(O)CN1CC1C. The van der Waals surface area contributed by atoms with E-state index in [4.69, 9.17) is 28.4 Å². The Morgan fingerprint density at radius 2 is 1.02 bits per heavy atom. The fourth-order valence-electron chi connectivity index (χ4n) is 5.88. The highest BCUT2D eigenvalue weighted by molar-refractivity contribution is 4.89. The molecule has 0 bridgehead atoms. The first kappa shape index (κ1) is 41.8. The fraction of sp³-hybridized carbons (Fsp3) is 1.00. The Kier molecular flexibility index (Phi) is 16.4. The maximum Gasteiger partial charge on any atom is 0.0694 e. The molecular weight excluding hydrogens is 588 g/mol. The second-order valence-electron chi connectivity index (χ2n) is 16.7. The molecule has 2 aliphatic heterocycles. The molecule has 2 fully saturated rings. The van der Waals surface area contributed by atoms with E-state index in [1.54, 1.807) is 7.11 Å². The molecule has 2 heterocycles. The molecule has 10 heteroatoms. The van der Waals surface area contributed by atoms with Crippen molar-refractivity contribution in [3.8, 4) is 0 Å². The van der Waals surface area contributed by atoms with Gasteiger partial charge in [-0.1, -0.05) is 0 Å². The molecule has 0 aromatic rings. The van der Waals surface area contributed by atoms with Crippen molar-refractivity contribution in [3.05, 3.63) is 0 Å². The van der Waals surface area contributed by atoms with E-state index in [0.717, 1.165) is 13.1 Å². The normalized spacial score (nSPS) is 24.9. The smallest absolute Gasteiger partial charge is 0.0694 e. The Labute approximate surface area is 281 Å². The Hall–Kier alpha value is -0.400. The summed E-state index contributed by atoms with van der Waals surface area (Å²) in [5.74, 6) is 0. The van der Waals surface area contributed by atoms with Crippen LogP contribution in [0.25, 0.3) is 0 Å². The molecule has 10 nitrogen and oxygen atoms in total. The average molecular weight is 661 g/mol. The first-order valence-electron chi connectivity index (χ1n) is 17.7. The van der Waals surface area contributed by atoms with Gasteiger partial charge in [-0.15, -0.1) is 0 Å². The van der Waals surface area contributed by atoms with Crippen LogP contribution in [0.1, 0.15) is 102 Å². The standard InChI is InChI=1S/C36H72N2O8/c1-13-42-25-36(24-41-12,26-45-32(4,5)14-16-43-34(8,9)18-30(39)22-37-20-28(37)2)27-46-33(6,7)15-17-44-35(10,11)19-31(40)23-38-21-29(38)3/h28-31,39-40H,13-27H2,1-12H3. The van der Waals surface area contributed by atoms with Crippen molar-refractivity contribution in [2.24, 2.45) is 5.41 Å². The van der Waals surface area contributed by atoms with Gasteiger partial charge in [0.2, 0.25) is 0 Å². The number of hydrogen-bond acceptors (Lipinski definition) is 10.